The highest BCUT2D eigenvalue weighted by molar-refractivity contribution is 5.77. The number of nitrogens with one attached hydrogen (secondary N) is 1. The first-order valence-electron chi connectivity index (χ1n) is 14.3. The molecule has 1 fully saturated rings. The smallest absolute Gasteiger partial charge is 0.325 e. The minimum Gasteiger partial charge on any atom is -0.493 e. The van der Waals surface area contributed by atoms with Crippen LogP contribution in [0.3, 0.4) is 0 Å². The molecule has 1 unspecified atom stereocenters. The number of halogens is 1. The van der Waals surface area contributed by atoms with Crippen LogP contribution in [0.4, 0.5) is 10.2 Å². The lowest BCUT2D eigenvalue weighted by molar-refractivity contribution is -0.143. The van der Waals surface area contributed by atoms with Gasteiger partial charge in [-0.3, -0.25) is 9.69 Å². The highest BCUT2D eigenvalue weighted by atomic mass is 19.1. The van der Waals surface area contributed by atoms with E-state index in [1.54, 1.807) is 6.07 Å². The summed E-state index contributed by atoms with van der Waals surface area (Å²) in [7, 11) is 1.38. The van der Waals surface area contributed by atoms with E-state index in [-0.39, 0.29) is 11.7 Å². The Morgan fingerprint density at radius 2 is 2.05 bits per heavy atom. The van der Waals surface area contributed by atoms with Gasteiger partial charge >= 0.3 is 5.97 Å². The molecular weight excluding hydrogens is 497 g/mol. The zero-order chi connectivity index (χ0) is 28.2. The number of aromatic nitrogens is 1. The summed E-state index contributed by atoms with van der Waals surface area (Å²) in [5.41, 5.74) is 4.51. The van der Waals surface area contributed by atoms with Crippen molar-refractivity contribution in [1.82, 2.24) is 9.88 Å². The normalized spacial score (nSPS) is 20.1. The van der Waals surface area contributed by atoms with Crippen molar-refractivity contribution in [3.8, 4) is 5.75 Å². The first kappa shape index (κ1) is 29.3. The molecule has 2 aliphatic heterocycles. The standard InChI is InChI=1S/C31H44FN3O4/c1-20(2)22-17-25(28(38-5)26(32)18-22)27(30(36)37)35-14-12-31(4,19-35)39-15-8-6-7-10-23-16-21(3)24-11-9-13-33-29(24)34-23/h16-18,20,27H,6-15,19H2,1-5H3,(H,33,34)(H,36,37)/t27?,31-/m1/s1. The molecule has 1 aromatic heterocycles. The fourth-order valence-electron chi connectivity index (χ4n) is 5.91. The van der Waals surface area contributed by atoms with Crippen molar-refractivity contribution < 1.29 is 23.8 Å². The van der Waals surface area contributed by atoms with Gasteiger partial charge in [-0.05, 0) is 93.2 Å². The van der Waals surface area contributed by atoms with E-state index >= 15 is 0 Å². The highest BCUT2D eigenvalue weighted by Crippen LogP contribution is 2.39. The van der Waals surface area contributed by atoms with E-state index in [9.17, 15) is 14.3 Å². The van der Waals surface area contributed by atoms with E-state index in [1.165, 1.54) is 30.7 Å². The molecule has 1 aromatic carbocycles. The molecule has 0 aliphatic carbocycles. The number of rotatable bonds is 12. The summed E-state index contributed by atoms with van der Waals surface area (Å²) in [5, 5.41) is 13.6. The van der Waals surface area contributed by atoms with E-state index < -0.39 is 23.4 Å². The van der Waals surface area contributed by atoms with Crippen LogP contribution < -0.4 is 10.1 Å². The van der Waals surface area contributed by atoms with Crippen LogP contribution in [-0.2, 0) is 22.4 Å². The van der Waals surface area contributed by atoms with Crippen LogP contribution in [0.1, 0.15) is 92.8 Å². The first-order chi connectivity index (χ1) is 18.6. The Kier molecular flexibility index (Phi) is 9.49. The van der Waals surface area contributed by atoms with Crippen molar-refractivity contribution in [3.63, 3.8) is 0 Å². The second kappa shape index (κ2) is 12.6. The average molecular weight is 542 g/mol. The summed E-state index contributed by atoms with van der Waals surface area (Å²) in [6, 6.07) is 4.44. The number of methoxy groups -OCH3 is 1. The van der Waals surface area contributed by atoms with Gasteiger partial charge in [0.2, 0.25) is 0 Å². The number of pyridine rings is 1. The molecule has 0 bridgehead atoms. The molecule has 2 aliphatic rings. The molecule has 3 heterocycles. The third-order valence-electron chi connectivity index (χ3n) is 8.15. The lowest BCUT2D eigenvalue weighted by Gasteiger charge is -2.29. The van der Waals surface area contributed by atoms with Gasteiger partial charge in [0.25, 0.3) is 0 Å². The molecule has 7 nitrogen and oxygen atoms in total. The Bertz CT molecular complexity index is 1170. The molecule has 214 valence electrons. The highest BCUT2D eigenvalue weighted by Gasteiger charge is 2.42. The maximum Gasteiger partial charge on any atom is 0.325 e. The molecule has 0 saturated carbocycles. The average Bonchev–Trinajstić information content (AvgIpc) is 3.27. The molecule has 2 aromatic rings. The monoisotopic (exact) mass is 541 g/mol. The summed E-state index contributed by atoms with van der Waals surface area (Å²) < 4.78 is 26.5. The topological polar surface area (TPSA) is 83.9 Å². The fraction of sp³-hybridized carbons (Fsp3) is 0.613. The number of likely N-dealkylation sites (tertiary alicyclic amines) is 1. The Hall–Kier alpha value is -2.71. The van der Waals surface area contributed by atoms with Gasteiger partial charge in [-0.15, -0.1) is 0 Å². The molecule has 2 N–H and O–H groups in total. The van der Waals surface area contributed by atoms with Gasteiger partial charge in [0.1, 0.15) is 11.9 Å². The van der Waals surface area contributed by atoms with Crippen LogP contribution in [0, 0.1) is 12.7 Å². The molecule has 8 heteroatoms. The Balaban J connectivity index is 1.30. The number of carboxylic acid groups (broad SMARTS) is 1. The Morgan fingerprint density at radius 1 is 1.26 bits per heavy atom. The first-order valence-corrected chi connectivity index (χ1v) is 14.3. The Morgan fingerprint density at radius 3 is 2.77 bits per heavy atom. The van der Waals surface area contributed by atoms with Crippen molar-refractivity contribution in [2.45, 2.75) is 90.2 Å². The lowest BCUT2D eigenvalue weighted by atomic mass is 9.95. The number of nitrogens with zero attached hydrogens (tertiary/aromatic N) is 2. The van der Waals surface area contributed by atoms with E-state index in [1.807, 2.05) is 25.7 Å². The molecule has 1 saturated heterocycles. The zero-order valence-electron chi connectivity index (χ0n) is 24.1. The summed E-state index contributed by atoms with van der Waals surface area (Å²) in [5.74, 6) is -0.413. The minimum absolute atomic E-state index is 0.000660. The van der Waals surface area contributed by atoms with Gasteiger partial charge in [-0.1, -0.05) is 20.3 Å². The van der Waals surface area contributed by atoms with Crippen LogP contribution in [0.2, 0.25) is 0 Å². The van der Waals surface area contributed by atoms with E-state index in [0.29, 0.717) is 25.3 Å². The van der Waals surface area contributed by atoms with Gasteiger partial charge in [0.05, 0.1) is 12.7 Å². The number of hydrogen-bond acceptors (Lipinski definition) is 6. The number of carboxylic acids is 1. The third-order valence-corrected chi connectivity index (χ3v) is 8.15. The number of ether oxygens (including phenoxy) is 2. The van der Waals surface area contributed by atoms with Crippen LogP contribution in [0.25, 0.3) is 0 Å². The number of anilines is 1. The quantitative estimate of drug-likeness (QED) is 0.317. The molecule has 39 heavy (non-hydrogen) atoms. The van der Waals surface area contributed by atoms with Crippen LogP contribution in [0.15, 0.2) is 18.2 Å². The molecular formula is C31H44FN3O4. The maximum absolute atomic E-state index is 14.8. The Labute approximate surface area is 232 Å². The molecule has 0 spiro atoms. The summed E-state index contributed by atoms with van der Waals surface area (Å²) in [6.45, 7) is 10.8. The lowest BCUT2D eigenvalue weighted by Crippen LogP contribution is -2.38. The molecule has 4 rings (SSSR count). The summed E-state index contributed by atoms with van der Waals surface area (Å²) in [4.78, 5) is 19.1. The molecule has 0 radical (unpaired) electrons. The van der Waals surface area contributed by atoms with E-state index in [2.05, 4.69) is 18.3 Å². The molecule has 0 amide bonds. The number of unbranched alkanes of at least 4 members (excludes halogenated alkanes) is 2. The van der Waals surface area contributed by atoms with Crippen molar-refractivity contribution in [2.24, 2.45) is 0 Å². The van der Waals surface area contributed by atoms with Gasteiger partial charge in [-0.25, -0.2) is 9.37 Å². The van der Waals surface area contributed by atoms with Gasteiger partial charge in [0, 0.05) is 37.5 Å². The van der Waals surface area contributed by atoms with Gasteiger partial charge < -0.3 is 19.9 Å². The maximum atomic E-state index is 14.8. The second-order valence-corrected chi connectivity index (χ2v) is 11.6. The van der Waals surface area contributed by atoms with Gasteiger partial charge in [0.15, 0.2) is 11.6 Å². The zero-order valence-corrected chi connectivity index (χ0v) is 24.1. The van der Waals surface area contributed by atoms with Crippen molar-refractivity contribution in [1.29, 1.82) is 0 Å². The minimum atomic E-state index is -1.01. The predicted octanol–water partition coefficient (Wildman–Crippen LogP) is 6.04. The number of carbonyl (C=O) groups is 1. The largest absolute Gasteiger partial charge is 0.493 e. The number of hydrogen-bond donors (Lipinski definition) is 2. The van der Waals surface area contributed by atoms with Gasteiger partial charge in [-0.2, -0.15) is 0 Å². The van der Waals surface area contributed by atoms with E-state index in [0.717, 1.165) is 62.1 Å². The summed E-state index contributed by atoms with van der Waals surface area (Å²) >= 11 is 0. The van der Waals surface area contributed by atoms with Crippen molar-refractivity contribution >= 4 is 11.8 Å². The number of aryl methyl sites for hydroxylation is 2. The van der Waals surface area contributed by atoms with Crippen LogP contribution in [-0.4, -0.2) is 59.9 Å². The number of benzene rings is 1. The van der Waals surface area contributed by atoms with Crippen LogP contribution in [0.5, 0.6) is 5.75 Å². The predicted molar refractivity (Wildman–Crippen MR) is 151 cm³/mol. The summed E-state index contributed by atoms with van der Waals surface area (Å²) in [6.07, 6.45) is 6.98. The SMILES string of the molecule is COc1c(F)cc(C(C)C)cc1C(C(=O)O)N1CC[C@@](C)(OCCCCCc2cc(C)c3c(n2)NCCC3)C1. The van der Waals surface area contributed by atoms with Crippen molar-refractivity contribution in [2.75, 3.05) is 38.7 Å². The fourth-order valence-corrected chi connectivity index (χ4v) is 5.91. The van der Waals surface area contributed by atoms with Crippen molar-refractivity contribution in [3.05, 3.63) is 52.0 Å². The number of fused-ring (bicyclic) bond motifs is 1. The van der Waals surface area contributed by atoms with Crippen LogP contribution >= 0.6 is 0 Å². The second-order valence-electron chi connectivity index (χ2n) is 11.6. The van der Waals surface area contributed by atoms with E-state index in [4.69, 9.17) is 14.5 Å². The number of aliphatic carboxylic acids is 1. The molecule has 2 atom stereocenters. The third kappa shape index (κ3) is 6.90.